The summed E-state index contributed by atoms with van der Waals surface area (Å²) in [6, 6.07) is 7.27. The Morgan fingerprint density at radius 2 is 2.00 bits per heavy atom. The first-order valence-electron chi connectivity index (χ1n) is 5.97. The van der Waals surface area contributed by atoms with Crippen molar-refractivity contribution in [2.24, 2.45) is 0 Å². The van der Waals surface area contributed by atoms with Crippen LogP contribution in [-0.2, 0) is 4.79 Å². The third-order valence-electron chi connectivity index (χ3n) is 3.18. The van der Waals surface area contributed by atoms with Crippen LogP contribution in [0.3, 0.4) is 0 Å². The SMILES string of the molecule is Cc1n[nH]c(C)c1C(CC(=O)O)c1ccc(Cl)cc1. The van der Waals surface area contributed by atoms with Gasteiger partial charge in [-0.05, 0) is 31.5 Å². The number of halogens is 1. The molecule has 0 aliphatic carbocycles. The van der Waals surface area contributed by atoms with Crippen LogP contribution in [0.15, 0.2) is 24.3 Å². The molecule has 0 aliphatic rings. The van der Waals surface area contributed by atoms with E-state index in [0.29, 0.717) is 5.02 Å². The van der Waals surface area contributed by atoms with E-state index in [-0.39, 0.29) is 12.3 Å². The number of rotatable bonds is 4. The number of aliphatic carboxylic acids is 1. The van der Waals surface area contributed by atoms with Crippen molar-refractivity contribution in [3.63, 3.8) is 0 Å². The Bertz CT molecular complexity index is 570. The first-order valence-corrected chi connectivity index (χ1v) is 6.35. The van der Waals surface area contributed by atoms with E-state index in [4.69, 9.17) is 16.7 Å². The Balaban J connectivity index is 2.47. The van der Waals surface area contributed by atoms with Crippen LogP contribution < -0.4 is 0 Å². The quantitative estimate of drug-likeness (QED) is 0.902. The molecule has 5 heteroatoms. The highest BCUT2D eigenvalue weighted by atomic mass is 35.5. The Labute approximate surface area is 116 Å². The van der Waals surface area contributed by atoms with Crippen LogP contribution in [0.5, 0.6) is 0 Å². The first kappa shape index (κ1) is 13.6. The zero-order chi connectivity index (χ0) is 14.0. The molecule has 1 heterocycles. The zero-order valence-corrected chi connectivity index (χ0v) is 11.5. The molecule has 1 aromatic heterocycles. The molecule has 0 saturated heterocycles. The lowest BCUT2D eigenvalue weighted by Crippen LogP contribution is -2.09. The third kappa shape index (κ3) is 2.96. The molecule has 0 amide bonds. The van der Waals surface area contributed by atoms with Crippen molar-refractivity contribution in [1.29, 1.82) is 0 Å². The molecule has 0 saturated carbocycles. The van der Waals surface area contributed by atoms with E-state index in [1.54, 1.807) is 12.1 Å². The number of carboxylic acid groups (broad SMARTS) is 1. The van der Waals surface area contributed by atoms with Crippen LogP contribution in [-0.4, -0.2) is 21.3 Å². The van der Waals surface area contributed by atoms with Crippen molar-refractivity contribution in [2.75, 3.05) is 0 Å². The van der Waals surface area contributed by atoms with Gasteiger partial charge in [-0.25, -0.2) is 0 Å². The molecule has 0 radical (unpaired) electrons. The summed E-state index contributed by atoms with van der Waals surface area (Å²) >= 11 is 5.87. The molecule has 0 fully saturated rings. The van der Waals surface area contributed by atoms with Gasteiger partial charge in [-0.15, -0.1) is 0 Å². The van der Waals surface area contributed by atoms with Gasteiger partial charge in [0.2, 0.25) is 0 Å². The molecular weight excluding hydrogens is 264 g/mol. The molecule has 2 rings (SSSR count). The molecule has 0 aliphatic heterocycles. The summed E-state index contributed by atoms with van der Waals surface area (Å²) in [6.07, 6.45) is 0.0306. The summed E-state index contributed by atoms with van der Waals surface area (Å²) < 4.78 is 0. The molecule has 2 N–H and O–H groups in total. The van der Waals surface area contributed by atoms with E-state index >= 15 is 0 Å². The van der Waals surface area contributed by atoms with E-state index in [0.717, 1.165) is 22.5 Å². The Hall–Kier alpha value is -1.81. The first-order chi connectivity index (χ1) is 8.99. The molecule has 4 nitrogen and oxygen atoms in total. The fraction of sp³-hybridized carbons (Fsp3) is 0.286. The van der Waals surface area contributed by atoms with E-state index in [1.165, 1.54) is 0 Å². The maximum atomic E-state index is 11.1. The van der Waals surface area contributed by atoms with Crippen LogP contribution in [0.4, 0.5) is 0 Å². The number of aromatic nitrogens is 2. The molecule has 1 aromatic carbocycles. The second kappa shape index (κ2) is 5.45. The fourth-order valence-electron chi connectivity index (χ4n) is 2.33. The summed E-state index contributed by atoms with van der Waals surface area (Å²) in [7, 11) is 0. The van der Waals surface area contributed by atoms with Gasteiger partial charge < -0.3 is 5.11 Å². The highest BCUT2D eigenvalue weighted by Gasteiger charge is 2.23. The minimum Gasteiger partial charge on any atom is -0.481 e. The van der Waals surface area contributed by atoms with Crippen molar-refractivity contribution in [3.8, 4) is 0 Å². The zero-order valence-electron chi connectivity index (χ0n) is 10.8. The fourth-order valence-corrected chi connectivity index (χ4v) is 2.46. The predicted molar refractivity (Wildman–Crippen MR) is 73.6 cm³/mol. The summed E-state index contributed by atoms with van der Waals surface area (Å²) in [5, 5.41) is 16.8. The summed E-state index contributed by atoms with van der Waals surface area (Å²) in [5.74, 6) is -1.05. The molecular formula is C14H15ClN2O2. The van der Waals surface area contributed by atoms with Crippen molar-refractivity contribution in [1.82, 2.24) is 10.2 Å². The monoisotopic (exact) mass is 278 g/mol. The molecule has 19 heavy (non-hydrogen) atoms. The number of benzene rings is 1. The smallest absolute Gasteiger partial charge is 0.304 e. The summed E-state index contributed by atoms with van der Waals surface area (Å²) in [5.41, 5.74) is 3.61. The second-order valence-corrected chi connectivity index (χ2v) is 4.99. The lowest BCUT2D eigenvalue weighted by atomic mass is 9.87. The van der Waals surface area contributed by atoms with Gasteiger partial charge in [0.15, 0.2) is 0 Å². The number of hydrogen-bond donors (Lipinski definition) is 2. The third-order valence-corrected chi connectivity index (χ3v) is 3.44. The van der Waals surface area contributed by atoms with Crippen LogP contribution >= 0.6 is 11.6 Å². The number of hydrogen-bond acceptors (Lipinski definition) is 2. The second-order valence-electron chi connectivity index (χ2n) is 4.55. The number of carboxylic acids is 1. The van der Waals surface area contributed by atoms with E-state index in [1.807, 2.05) is 26.0 Å². The van der Waals surface area contributed by atoms with Crippen molar-refractivity contribution >= 4 is 17.6 Å². The number of nitrogens with one attached hydrogen (secondary N) is 1. The van der Waals surface area contributed by atoms with Crippen molar-refractivity contribution in [3.05, 3.63) is 51.8 Å². The molecule has 1 atom stereocenters. The predicted octanol–water partition coefficient (Wildman–Crippen LogP) is 3.29. The highest BCUT2D eigenvalue weighted by molar-refractivity contribution is 6.30. The van der Waals surface area contributed by atoms with Gasteiger partial charge in [0.25, 0.3) is 0 Å². The van der Waals surface area contributed by atoms with E-state index < -0.39 is 5.97 Å². The maximum absolute atomic E-state index is 11.1. The standard InChI is InChI=1S/C14H15ClN2O2/c1-8-14(9(2)17-16-8)12(7-13(18)19)10-3-5-11(15)6-4-10/h3-6,12H,7H2,1-2H3,(H,16,17)(H,18,19). The lowest BCUT2D eigenvalue weighted by Gasteiger charge is -2.16. The summed E-state index contributed by atoms with van der Waals surface area (Å²) in [6.45, 7) is 3.78. The number of nitrogens with zero attached hydrogens (tertiary/aromatic N) is 1. The minimum absolute atomic E-state index is 0.0306. The van der Waals surface area contributed by atoms with Gasteiger partial charge in [-0.2, -0.15) is 5.10 Å². The molecule has 2 aromatic rings. The van der Waals surface area contributed by atoms with Gasteiger partial charge in [-0.1, -0.05) is 23.7 Å². The normalized spacial score (nSPS) is 12.4. The van der Waals surface area contributed by atoms with Crippen LogP contribution in [0.25, 0.3) is 0 Å². The average Bonchev–Trinajstić information content (AvgIpc) is 2.67. The van der Waals surface area contributed by atoms with Crippen molar-refractivity contribution < 1.29 is 9.90 Å². The largest absolute Gasteiger partial charge is 0.481 e. The lowest BCUT2D eigenvalue weighted by molar-refractivity contribution is -0.137. The maximum Gasteiger partial charge on any atom is 0.304 e. The molecule has 100 valence electrons. The number of H-pyrrole nitrogens is 1. The van der Waals surface area contributed by atoms with Crippen LogP contribution in [0.2, 0.25) is 5.02 Å². The molecule has 1 unspecified atom stereocenters. The van der Waals surface area contributed by atoms with E-state index in [2.05, 4.69) is 10.2 Å². The van der Waals surface area contributed by atoms with Crippen LogP contribution in [0, 0.1) is 13.8 Å². The van der Waals surface area contributed by atoms with Crippen molar-refractivity contribution in [2.45, 2.75) is 26.2 Å². The minimum atomic E-state index is -0.833. The van der Waals surface area contributed by atoms with Gasteiger partial charge >= 0.3 is 5.97 Å². The number of aryl methyl sites for hydroxylation is 2. The van der Waals surface area contributed by atoms with Gasteiger partial charge in [-0.3, -0.25) is 9.89 Å². The van der Waals surface area contributed by atoms with Gasteiger partial charge in [0.1, 0.15) is 0 Å². The van der Waals surface area contributed by atoms with E-state index in [9.17, 15) is 4.79 Å². The Kier molecular flexibility index (Phi) is 3.90. The Morgan fingerprint density at radius 3 is 2.47 bits per heavy atom. The van der Waals surface area contributed by atoms with Crippen LogP contribution in [0.1, 0.15) is 34.9 Å². The highest BCUT2D eigenvalue weighted by Crippen LogP contribution is 2.32. The number of carbonyl (C=O) groups is 1. The van der Waals surface area contributed by atoms with Gasteiger partial charge in [0, 0.05) is 22.2 Å². The summed E-state index contributed by atoms with van der Waals surface area (Å²) in [4.78, 5) is 11.1. The topological polar surface area (TPSA) is 66.0 Å². The Morgan fingerprint density at radius 1 is 1.37 bits per heavy atom. The van der Waals surface area contributed by atoms with Gasteiger partial charge in [0.05, 0.1) is 12.1 Å². The number of aromatic amines is 1. The molecule has 0 spiro atoms. The average molecular weight is 279 g/mol. The molecule has 0 bridgehead atoms.